The second-order valence-electron chi connectivity index (χ2n) is 8.96. The van der Waals surface area contributed by atoms with Crippen LogP contribution in [0.1, 0.15) is 53.5 Å². The Kier molecular flexibility index (Phi) is 6.04. The van der Waals surface area contributed by atoms with Crippen LogP contribution in [0.15, 0.2) is 30.3 Å². The normalized spacial score (nSPS) is 17.4. The quantitative estimate of drug-likeness (QED) is 0.749. The first-order valence-corrected chi connectivity index (χ1v) is 11.2. The molecule has 1 N–H and O–H groups in total. The molecule has 0 bridgehead atoms. The Morgan fingerprint density at radius 1 is 1.16 bits per heavy atom. The largest absolute Gasteiger partial charge is 0.354 e. The number of carbonyl (C=O) groups is 3. The number of fused-ring (bicyclic) bond motifs is 1. The van der Waals surface area contributed by atoms with Crippen LogP contribution >= 0.6 is 0 Å². The van der Waals surface area contributed by atoms with Crippen molar-refractivity contribution in [3.05, 3.63) is 52.8 Å². The summed E-state index contributed by atoms with van der Waals surface area (Å²) in [4.78, 5) is 41.8. The van der Waals surface area contributed by atoms with Crippen LogP contribution in [-0.4, -0.2) is 62.5 Å². The van der Waals surface area contributed by atoms with Crippen LogP contribution in [0.25, 0.3) is 0 Å². The van der Waals surface area contributed by atoms with Crippen LogP contribution in [-0.2, 0) is 22.7 Å². The van der Waals surface area contributed by atoms with Gasteiger partial charge >= 0.3 is 0 Å². The summed E-state index contributed by atoms with van der Waals surface area (Å²) in [5, 5.41) is 7.45. The van der Waals surface area contributed by atoms with Gasteiger partial charge in [0.15, 0.2) is 0 Å². The van der Waals surface area contributed by atoms with E-state index in [2.05, 4.69) is 10.4 Å². The highest BCUT2D eigenvalue weighted by Gasteiger charge is 2.47. The van der Waals surface area contributed by atoms with Crippen LogP contribution in [0.5, 0.6) is 0 Å². The van der Waals surface area contributed by atoms with Crippen molar-refractivity contribution in [2.75, 3.05) is 19.6 Å². The molecule has 0 aliphatic carbocycles. The molecule has 0 spiro atoms. The van der Waals surface area contributed by atoms with Gasteiger partial charge in [0.05, 0.1) is 24.2 Å². The molecule has 32 heavy (non-hydrogen) atoms. The van der Waals surface area contributed by atoms with Crippen molar-refractivity contribution >= 4 is 17.7 Å². The zero-order chi connectivity index (χ0) is 22.9. The van der Waals surface area contributed by atoms with Gasteiger partial charge in [0.25, 0.3) is 5.91 Å². The summed E-state index contributed by atoms with van der Waals surface area (Å²) < 4.78 is 1.89. The number of hydrogen-bond donors (Lipinski definition) is 1. The Bertz CT molecular complexity index is 1040. The highest BCUT2D eigenvalue weighted by molar-refractivity contribution is 5.99. The maximum absolute atomic E-state index is 13.2. The summed E-state index contributed by atoms with van der Waals surface area (Å²) >= 11 is 0. The van der Waals surface area contributed by atoms with Gasteiger partial charge < -0.3 is 15.1 Å². The molecule has 1 fully saturated rings. The fraction of sp³-hybridized carbons (Fsp3) is 0.500. The SMILES string of the molecule is CC(=O)N1CCC(CC(=O)NCCn2nc(C)cc2C)(N2Cc3ccccc3C2=O)CC1. The monoisotopic (exact) mass is 437 g/mol. The third-order valence-corrected chi connectivity index (χ3v) is 6.77. The van der Waals surface area contributed by atoms with Gasteiger partial charge in [-0.25, -0.2) is 0 Å². The number of carbonyl (C=O) groups excluding carboxylic acids is 3. The maximum Gasteiger partial charge on any atom is 0.254 e. The van der Waals surface area contributed by atoms with Gasteiger partial charge in [-0.05, 0) is 44.4 Å². The standard InChI is InChI=1S/C24H31N5O3/c1-17-14-18(2)29(26-17)13-10-25-22(31)15-24(8-11-27(12-9-24)19(3)30)28-16-20-6-4-5-7-21(20)23(28)32/h4-7,14H,8-13,15-16H2,1-3H3,(H,25,31). The predicted molar refractivity (Wildman–Crippen MR) is 120 cm³/mol. The first kappa shape index (κ1) is 22.0. The lowest BCUT2D eigenvalue weighted by molar-refractivity contribution is -0.132. The van der Waals surface area contributed by atoms with Crippen LogP contribution in [0.3, 0.4) is 0 Å². The number of hydrogen-bond acceptors (Lipinski definition) is 4. The molecule has 0 atom stereocenters. The van der Waals surface area contributed by atoms with Crippen LogP contribution in [0.2, 0.25) is 0 Å². The third kappa shape index (κ3) is 4.26. The van der Waals surface area contributed by atoms with Crippen molar-refractivity contribution in [2.24, 2.45) is 0 Å². The summed E-state index contributed by atoms with van der Waals surface area (Å²) in [5.41, 5.74) is 3.13. The van der Waals surface area contributed by atoms with Gasteiger partial charge in [-0.1, -0.05) is 18.2 Å². The average Bonchev–Trinajstić information content (AvgIpc) is 3.27. The summed E-state index contributed by atoms with van der Waals surface area (Å²) in [6.07, 6.45) is 1.42. The number of nitrogens with zero attached hydrogens (tertiary/aromatic N) is 4. The number of nitrogens with one attached hydrogen (secondary N) is 1. The maximum atomic E-state index is 13.2. The molecule has 2 aliphatic rings. The van der Waals surface area contributed by atoms with Crippen molar-refractivity contribution in [2.45, 2.75) is 58.7 Å². The van der Waals surface area contributed by atoms with Crippen molar-refractivity contribution in [1.82, 2.24) is 24.9 Å². The van der Waals surface area contributed by atoms with E-state index in [9.17, 15) is 14.4 Å². The molecule has 4 rings (SSSR count). The van der Waals surface area contributed by atoms with E-state index in [0.717, 1.165) is 17.0 Å². The average molecular weight is 438 g/mol. The van der Waals surface area contributed by atoms with E-state index in [1.54, 1.807) is 11.8 Å². The molecule has 3 heterocycles. The molecule has 0 unspecified atom stereocenters. The minimum Gasteiger partial charge on any atom is -0.354 e. The Balaban J connectivity index is 1.46. The summed E-state index contributed by atoms with van der Waals surface area (Å²) in [5.74, 6) is -0.0668. The minimum absolute atomic E-state index is 0.0210. The Morgan fingerprint density at radius 3 is 2.50 bits per heavy atom. The Labute approximate surface area is 188 Å². The number of aromatic nitrogens is 2. The number of likely N-dealkylation sites (tertiary alicyclic amines) is 1. The van der Waals surface area contributed by atoms with E-state index in [-0.39, 0.29) is 24.1 Å². The zero-order valence-corrected chi connectivity index (χ0v) is 19.1. The molecule has 2 aliphatic heterocycles. The molecule has 1 aromatic carbocycles. The van der Waals surface area contributed by atoms with Gasteiger partial charge in [0.1, 0.15) is 0 Å². The molecular weight excluding hydrogens is 406 g/mol. The first-order valence-electron chi connectivity index (χ1n) is 11.2. The lowest BCUT2D eigenvalue weighted by atomic mass is 9.82. The van der Waals surface area contributed by atoms with Crippen molar-refractivity contribution < 1.29 is 14.4 Å². The summed E-state index contributed by atoms with van der Waals surface area (Å²) in [6, 6.07) is 9.64. The van der Waals surface area contributed by atoms with Crippen LogP contribution in [0, 0.1) is 13.8 Å². The zero-order valence-electron chi connectivity index (χ0n) is 19.1. The predicted octanol–water partition coefficient (Wildman–Crippen LogP) is 2.04. The van der Waals surface area contributed by atoms with E-state index in [4.69, 9.17) is 0 Å². The Morgan fingerprint density at radius 2 is 1.88 bits per heavy atom. The molecule has 3 amide bonds. The highest BCUT2D eigenvalue weighted by atomic mass is 16.2. The number of rotatable bonds is 6. The first-order chi connectivity index (χ1) is 15.3. The van der Waals surface area contributed by atoms with E-state index in [1.807, 2.05) is 53.8 Å². The fourth-order valence-electron chi connectivity index (χ4n) is 4.98. The Hall–Kier alpha value is -3.16. The fourth-order valence-corrected chi connectivity index (χ4v) is 4.98. The van der Waals surface area contributed by atoms with E-state index < -0.39 is 5.54 Å². The number of amides is 3. The van der Waals surface area contributed by atoms with Gasteiger partial charge in [0.2, 0.25) is 11.8 Å². The van der Waals surface area contributed by atoms with Crippen molar-refractivity contribution in [3.63, 3.8) is 0 Å². The van der Waals surface area contributed by atoms with Gasteiger partial charge in [-0.3, -0.25) is 19.1 Å². The van der Waals surface area contributed by atoms with E-state index in [0.29, 0.717) is 51.1 Å². The minimum atomic E-state index is -0.593. The summed E-state index contributed by atoms with van der Waals surface area (Å²) in [7, 11) is 0. The van der Waals surface area contributed by atoms with E-state index >= 15 is 0 Å². The molecule has 1 saturated heterocycles. The molecule has 1 aromatic heterocycles. The molecule has 170 valence electrons. The van der Waals surface area contributed by atoms with Gasteiger partial charge in [-0.2, -0.15) is 5.10 Å². The second kappa shape index (κ2) is 8.76. The molecule has 2 aromatic rings. The molecule has 8 heteroatoms. The molecular formula is C24H31N5O3. The highest BCUT2D eigenvalue weighted by Crippen LogP contribution is 2.38. The topological polar surface area (TPSA) is 87.5 Å². The third-order valence-electron chi connectivity index (χ3n) is 6.77. The van der Waals surface area contributed by atoms with Crippen LogP contribution < -0.4 is 5.32 Å². The molecule has 0 saturated carbocycles. The second-order valence-corrected chi connectivity index (χ2v) is 8.96. The van der Waals surface area contributed by atoms with Crippen LogP contribution in [0.4, 0.5) is 0 Å². The number of aryl methyl sites for hydroxylation is 2. The number of piperidine rings is 1. The van der Waals surface area contributed by atoms with Gasteiger partial charge in [0, 0.05) is 44.4 Å². The summed E-state index contributed by atoms with van der Waals surface area (Å²) in [6.45, 7) is 8.20. The van der Waals surface area contributed by atoms with Crippen molar-refractivity contribution in [1.29, 1.82) is 0 Å². The lowest BCUT2D eigenvalue weighted by Crippen LogP contribution is -2.58. The smallest absolute Gasteiger partial charge is 0.254 e. The molecule has 8 nitrogen and oxygen atoms in total. The molecule has 0 radical (unpaired) electrons. The van der Waals surface area contributed by atoms with E-state index in [1.165, 1.54) is 0 Å². The lowest BCUT2D eigenvalue weighted by Gasteiger charge is -2.47. The van der Waals surface area contributed by atoms with Gasteiger partial charge in [-0.15, -0.1) is 0 Å². The van der Waals surface area contributed by atoms with Crippen molar-refractivity contribution in [3.8, 4) is 0 Å². The number of benzene rings is 1.